The van der Waals surface area contributed by atoms with Crippen molar-refractivity contribution in [3.63, 3.8) is 0 Å². The molecule has 4 fully saturated rings. The molecule has 0 bridgehead atoms. The molecule has 8 heteroatoms. The SMILES string of the molecule is O=C(C1CC(N(CC2CCCCC2)CC2CCCO2)CN1C(=O)c1ccc(F)cc1)N1CCCNCC1. The quantitative estimate of drug-likeness (QED) is 0.605. The molecule has 1 N–H and O–H groups in total. The van der Waals surface area contributed by atoms with Crippen LogP contribution in [-0.2, 0) is 9.53 Å². The Morgan fingerprint density at radius 2 is 1.78 bits per heavy atom. The molecule has 0 spiro atoms. The standard InChI is InChI=1S/C29H43FN4O3/c30-24-11-9-23(10-12-24)28(35)34-20-25(18-27(34)29(36)32-15-5-13-31-14-16-32)33(21-26-8-4-17-37-26)19-22-6-2-1-3-7-22/h9-12,22,25-27,31H,1-8,13-21H2. The van der Waals surface area contributed by atoms with Gasteiger partial charge in [0.25, 0.3) is 5.91 Å². The molecule has 0 radical (unpaired) electrons. The van der Waals surface area contributed by atoms with Gasteiger partial charge in [-0.05, 0) is 75.3 Å². The van der Waals surface area contributed by atoms with E-state index >= 15 is 0 Å². The first-order valence-electron chi connectivity index (χ1n) is 14.5. The van der Waals surface area contributed by atoms with Crippen molar-refractivity contribution in [3.05, 3.63) is 35.6 Å². The molecule has 4 aliphatic rings. The molecule has 1 aromatic rings. The number of hydrogen-bond acceptors (Lipinski definition) is 5. The van der Waals surface area contributed by atoms with Crippen LogP contribution in [0.25, 0.3) is 0 Å². The molecule has 0 aromatic heterocycles. The molecule has 37 heavy (non-hydrogen) atoms. The fourth-order valence-corrected chi connectivity index (χ4v) is 6.70. The minimum Gasteiger partial charge on any atom is -0.377 e. The number of rotatable bonds is 7. The minimum atomic E-state index is -0.487. The van der Waals surface area contributed by atoms with Crippen molar-refractivity contribution in [1.29, 1.82) is 0 Å². The molecule has 2 amide bonds. The van der Waals surface area contributed by atoms with Crippen LogP contribution in [-0.4, -0.2) is 97.1 Å². The van der Waals surface area contributed by atoms with Crippen molar-refractivity contribution < 1.29 is 18.7 Å². The largest absolute Gasteiger partial charge is 0.377 e. The molecule has 3 saturated heterocycles. The Hall–Kier alpha value is -2.03. The first kappa shape index (κ1) is 26.6. The lowest BCUT2D eigenvalue weighted by atomic mass is 9.88. The summed E-state index contributed by atoms with van der Waals surface area (Å²) in [6.07, 6.45) is 10.4. The highest BCUT2D eigenvalue weighted by Crippen LogP contribution is 2.31. The third kappa shape index (κ3) is 6.70. The van der Waals surface area contributed by atoms with Crippen LogP contribution in [0.4, 0.5) is 4.39 Å². The fraction of sp³-hybridized carbons (Fsp3) is 0.724. The summed E-state index contributed by atoms with van der Waals surface area (Å²) >= 11 is 0. The lowest BCUT2D eigenvalue weighted by Crippen LogP contribution is -2.48. The average Bonchev–Trinajstić information content (AvgIpc) is 3.52. The molecule has 3 unspecified atom stereocenters. The number of hydrogen-bond donors (Lipinski definition) is 1. The van der Waals surface area contributed by atoms with Crippen molar-refractivity contribution in [1.82, 2.24) is 20.0 Å². The number of amides is 2. The molecular formula is C29H43FN4O3. The number of benzene rings is 1. The van der Waals surface area contributed by atoms with Gasteiger partial charge in [0.1, 0.15) is 11.9 Å². The summed E-state index contributed by atoms with van der Waals surface area (Å²) in [7, 11) is 0. The van der Waals surface area contributed by atoms with Crippen LogP contribution < -0.4 is 5.32 Å². The van der Waals surface area contributed by atoms with Crippen LogP contribution in [0, 0.1) is 11.7 Å². The molecule has 5 rings (SSSR count). The van der Waals surface area contributed by atoms with Gasteiger partial charge in [0.05, 0.1) is 6.10 Å². The van der Waals surface area contributed by atoms with Crippen LogP contribution in [0.5, 0.6) is 0 Å². The number of likely N-dealkylation sites (tertiary alicyclic amines) is 1. The zero-order chi connectivity index (χ0) is 25.6. The average molecular weight is 515 g/mol. The molecule has 3 heterocycles. The summed E-state index contributed by atoms with van der Waals surface area (Å²) in [5.41, 5.74) is 0.440. The zero-order valence-electron chi connectivity index (χ0n) is 22.1. The summed E-state index contributed by atoms with van der Waals surface area (Å²) in [6.45, 7) is 6.30. The third-order valence-corrected chi connectivity index (χ3v) is 8.76. The molecule has 3 atom stereocenters. The van der Waals surface area contributed by atoms with Gasteiger partial charge >= 0.3 is 0 Å². The number of carbonyl (C=O) groups is 2. The third-order valence-electron chi connectivity index (χ3n) is 8.76. The van der Waals surface area contributed by atoms with Crippen molar-refractivity contribution >= 4 is 11.8 Å². The van der Waals surface area contributed by atoms with Gasteiger partial charge in [-0.3, -0.25) is 14.5 Å². The van der Waals surface area contributed by atoms with E-state index in [1.54, 1.807) is 4.90 Å². The second-order valence-electron chi connectivity index (χ2n) is 11.4. The smallest absolute Gasteiger partial charge is 0.254 e. The van der Waals surface area contributed by atoms with Crippen LogP contribution in [0.2, 0.25) is 0 Å². The van der Waals surface area contributed by atoms with Gasteiger partial charge in [0, 0.05) is 57.5 Å². The number of nitrogens with one attached hydrogen (secondary N) is 1. The van der Waals surface area contributed by atoms with Crippen molar-refractivity contribution in [2.24, 2.45) is 5.92 Å². The Kier molecular flexibility index (Phi) is 9.10. The molecule has 7 nitrogen and oxygen atoms in total. The topological polar surface area (TPSA) is 65.1 Å². The van der Waals surface area contributed by atoms with Gasteiger partial charge in [0.2, 0.25) is 5.91 Å². The van der Waals surface area contributed by atoms with Gasteiger partial charge < -0.3 is 19.9 Å². The number of nitrogens with zero attached hydrogens (tertiary/aromatic N) is 3. The molecule has 3 aliphatic heterocycles. The van der Waals surface area contributed by atoms with Crippen molar-refractivity contribution in [2.75, 3.05) is 52.4 Å². The summed E-state index contributed by atoms with van der Waals surface area (Å²) in [6, 6.07) is 5.35. The Morgan fingerprint density at radius 1 is 0.973 bits per heavy atom. The second kappa shape index (κ2) is 12.7. The van der Waals surface area contributed by atoms with Gasteiger partial charge in [0.15, 0.2) is 0 Å². The molecular weight excluding hydrogens is 471 g/mol. The summed E-state index contributed by atoms with van der Waals surface area (Å²) in [5, 5.41) is 3.37. The van der Waals surface area contributed by atoms with Crippen LogP contribution in [0.1, 0.15) is 68.1 Å². The van der Waals surface area contributed by atoms with Crippen molar-refractivity contribution in [2.45, 2.75) is 76.0 Å². The van der Waals surface area contributed by atoms with Crippen molar-refractivity contribution in [3.8, 4) is 0 Å². The number of carbonyl (C=O) groups excluding carboxylic acids is 2. The highest BCUT2D eigenvalue weighted by Gasteiger charge is 2.44. The first-order valence-corrected chi connectivity index (χ1v) is 14.5. The first-order chi connectivity index (χ1) is 18.1. The van der Waals surface area contributed by atoms with Gasteiger partial charge in [-0.25, -0.2) is 4.39 Å². The molecule has 1 aliphatic carbocycles. The lowest BCUT2D eigenvalue weighted by molar-refractivity contribution is -0.135. The van der Waals surface area contributed by atoms with E-state index in [4.69, 9.17) is 4.74 Å². The van der Waals surface area contributed by atoms with Gasteiger partial charge in [-0.1, -0.05) is 19.3 Å². The van der Waals surface area contributed by atoms with E-state index < -0.39 is 6.04 Å². The molecule has 204 valence electrons. The maximum absolute atomic E-state index is 13.9. The summed E-state index contributed by atoms with van der Waals surface area (Å²) in [4.78, 5) is 33.8. The molecule has 1 saturated carbocycles. The van der Waals surface area contributed by atoms with Crippen LogP contribution >= 0.6 is 0 Å². The van der Waals surface area contributed by atoms with Crippen LogP contribution in [0.3, 0.4) is 0 Å². The van der Waals surface area contributed by atoms with Gasteiger partial charge in [-0.15, -0.1) is 0 Å². The fourth-order valence-electron chi connectivity index (χ4n) is 6.70. The van der Waals surface area contributed by atoms with Crippen LogP contribution in [0.15, 0.2) is 24.3 Å². The van der Waals surface area contributed by atoms with E-state index in [2.05, 4.69) is 10.2 Å². The second-order valence-corrected chi connectivity index (χ2v) is 11.4. The van der Waals surface area contributed by atoms with E-state index in [-0.39, 0.29) is 29.8 Å². The Labute approximate surface area is 220 Å². The predicted octanol–water partition coefficient (Wildman–Crippen LogP) is 3.29. The predicted molar refractivity (Wildman–Crippen MR) is 141 cm³/mol. The Morgan fingerprint density at radius 3 is 2.54 bits per heavy atom. The van der Waals surface area contributed by atoms with E-state index in [1.165, 1.54) is 56.4 Å². The van der Waals surface area contributed by atoms with Gasteiger partial charge in [-0.2, -0.15) is 0 Å². The highest BCUT2D eigenvalue weighted by atomic mass is 19.1. The summed E-state index contributed by atoms with van der Waals surface area (Å²) < 4.78 is 19.6. The highest BCUT2D eigenvalue weighted by molar-refractivity contribution is 5.98. The normalized spacial score (nSPS) is 27.6. The minimum absolute atomic E-state index is 0.0522. The number of halogens is 1. The summed E-state index contributed by atoms with van der Waals surface area (Å²) in [5.74, 6) is 0.179. The zero-order valence-corrected chi connectivity index (χ0v) is 22.1. The van der Waals surface area contributed by atoms with E-state index in [9.17, 15) is 14.0 Å². The Balaban J connectivity index is 1.37. The lowest BCUT2D eigenvalue weighted by Gasteiger charge is -2.35. The maximum Gasteiger partial charge on any atom is 0.254 e. The van der Waals surface area contributed by atoms with E-state index in [1.807, 2.05) is 4.90 Å². The maximum atomic E-state index is 13.9. The monoisotopic (exact) mass is 514 g/mol. The van der Waals surface area contributed by atoms with E-state index in [0.29, 0.717) is 37.5 Å². The molecule has 1 aromatic carbocycles. The Bertz CT molecular complexity index is 893. The number of ether oxygens (including phenoxy) is 1. The van der Waals surface area contributed by atoms with E-state index in [0.717, 1.165) is 52.0 Å².